The van der Waals surface area contributed by atoms with Crippen LogP contribution in [0.3, 0.4) is 0 Å². The molecule has 6 heteroatoms. The number of hydrogen-bond acceptors (Lipinski definition) is 3. The van der Waals surface area contributed by atoms with Crippen LogP contribution in [-0.4, -0.2) is 21.4 Å². The Morgan fingerprint density at radius 3 is 2.29 bits per heavy atom. The Morgan fingerprint density at radius 2 is 1.76 bits per heavy atom. The highest BCUT2D eigenvalue weighted by Crippen LogP contribution is 2.09. The molecule has 0 bridgehead atoms. The smallest absolute Gasteiger partial charge is 0.223 e. The molecule has 1 atom stereocenters. The van der Waals surface area contributed by atoms with Gasteiger partial charge in [-0.1, -0.05) is 44.5 Å². The molecule has 1 amide bonds. The quantitative estimate of drug-likeness (QED) is 0.768. The third-order valence-electron chi connectivity index (χ3n) is 3.33. The Balaban J connectivity index is 2.54. The average Bonchev–Trinajstić information content (AvgIpc) is 2.46. The Hall–Kier alpha value is -1.40. The zero-order chi connectivity index (χ0) is 15.9. The zero-order valence-corrected chi connectivity index (χ0v) is 13.7. The fourth-order valence-corrected chi connectivity index (χ4v) is 2.75. The molecule has 21 heavy (non-hydrogen) atoms. The van der Waals surface area contributed by atoms with Crippen LogP contribution in [0.25, 0.3) is 0 Å². The van der Waals surface area contributed by atoms with E-state index in [4.69, 9.17) is 0 Å². The third kappa shape index (κ3) is 6.27. The minimum absolute atomic E-state index is 0.0232. The van der Waals surface area contributed by atoms with Crippen LogP contribution in [0.5, 0.6) is 0 Å². The van der Waals surface area contributed by atoms with E-state index in [0.29, 0.717) is 6.54 Å². The van der Waals surface area contributed by atoms with Crippen molar-refractivity contribution < 1.29 is 13.2 Å². The summed E-state index contributed by atoms with van der Waals surface area (Å²) in [6, 6.07) is 7.22. The first kappa shape index (κ1) is 17.7. The van der Waals surface area contributed by atoms with Gasteiger partial charge in [-0.2, -0.15) is 0 Å². The molecule has 0 aromatic heterocycles. The number of carbonyl (C=O) groups is 1. The Labute approximate surface area is 127 Å². The van der Waals surface area contributed by atoms with Crippen LogP contribution in [0.4, 0.5) is 0 Å². The number of hydrogen-bond donors (Lipinski definition) is 2. The van der Waals surface area contributed by atoms with Gasteiger partial charge in [0.1, 0.15) is 0 Å². The van der Waals surface area contributed by atoms with Gasteiger partial charge in [0, 0.05) is 12.5 Å². The SMILES string of the molecule is CCCC(C)C(=O)NCc1ccc(CS(=O)(=O)NC)cc1. The second-order valence-electron chi connectivity index (χ2n) is 5.19. The van der Waals surface area contributed by atoms with Gasteiger partial charge in [0.2, 0.25) is 15.9 Å². The lowest BCUT2D eigenvalue weighted by molar-refractivity contribution is -0.124. The molecule has 0 saturated carbocycles. The fourth-order valence-electron chi connectivity index (χ4n) is 1.97. The summed E-state index contributed by atoms with van der Waals surface area (Å²) in [6.45, 7) is 4.44. The van der Waals surface area contributed by atoms with Gasteiger partial charge in [-0.3, -0.25) is 4.79 Å². The molecule has 0 radical (unpaired) electrons. The van der Waals surface area contributed by atoms with Crippen LogP contribution in [-0.2, 0) is 27.1 Å². The summed E-state index contributed by atoms with van der Waals surface area (Å²) in [5, 5.41) is 2.89. The molecule has 0 aliphatic heterocycles. The molecule has 0 heterocycles. The average molecular weight is 312 g/mol. The van der Waals surface area contributed by atoms with E-state index in [0.717, 1.165) is 24.0 Å². The number of carbonyl (C=O) groups excluding carboxylic acids is 1. The molecule has 1 unspecified atom stereocenters. The molecule has 1 aromatic rings. The second-order valence-corrected chi connectivity index (χ2v) is 7.11. The summed E-state index contributed by atoms with van der Waals surface area (Å²) in [6.07, 6.45) is 1.87. The first-order chi connectivity index (χ1) is 9.88. The van der Waals surface area contributed by atoms with E-state index in [2.05, 4.69) is 17.0 Å². The second kappa shape index (κ2) is 8.14. The summed E-state index contributed by atoms with van der Waals surface area (Å²) in [5.74, 6) is 0.0395. The predicted octanol–water partition coefficient (Wildman–Crippen LogP) is 1.79. The van der Waals surface area contributed by atoms with E-state index >= 15 is 0 Å². The number of sulfonamides is 1. The van der Waals surface area contributed by atoms with Crippen molar-refractivity contribution in [1.29, 1.82) is 0 Å². The van der Waals surface area contributed by atoms with Gasteiger partial charge in [0.05, 0.1) is 5.75 Å². The van der Waals surface area contributed by atoms with Crippen LogP contribution >= 0.6 is 0 Å². The minimum Gasteiger partial charge on any atom is -0.352 e. The molecule has 118 valence electrons. The van der Waals surface area contributed by atoms with Gasteiger partial charge in [0.15, 0.2) is 0 Å². The van der Waals surface area contributed by atoms with E-state index in [1.807, 2.05) is 19.1 Å². The minimum atomic E-state index is -3.25. The number of amides is 1. The van der Waals surface area contributed by atoms with Crippen molar-refractivity contribution in [2.75, 3.05) is 7.05 Å². The summed E-state index contributed by atoms with van der Waals surface area (Å²) >= 11 is 0. The highest BCUT2D eigenvalue weighted by molar-refractivity contribution is 7.88. The molecule has 0 aliphatic rings. The zero-order valence-electron chi connectivity index (χ0n) is 12.8. The molecular weight excluding hydrogens is 288 g/mol. The highest BCUT2D eigenvalue weighted by Gasteiger charge is 2.11. The van der Waals surface area contributed by atoms with E-state index in [9.17, 15) is 13.2 Å². The molecule has 1 rings (SSSR count). The lowest BCUT2D eigenvalue weighted by atomic mass is 10.1. The first-order valence-corrected chi connectivity index (χ1v) is 8.80. The Morgan fingerprint density at radius 1 is 1.19 bits per heavy atom. The van der Waals surface area contributed by atoms with Crippen molar-refractivity contribution in [1.82, 2.24) is 10.0 Å². The lowest BCUT2D eigenvalue weighted by Crippen LogP contribution is -2.28. The van der Waals surface area contributed by atoms with Crippen molar-refractivity contribution in [3.05, 3.63) is 35.4 Å². The van der Waals surface area contributed by atoms with Gasteiger partial charge >= 0.3 is 0 Å². The maximum atomic E-state index is 11.8. The Bertz CT molecular complexity index is 553. The fraction of sp³-hybridized carbons (Fsp3) is 0.533. The summed E-state index contributed by atoms with van der Waals surface area (Å²) < 4.78 is 25.2. The van der Waals surface area contributed by atoms with Crippen molar-refractivity contribution in [3.63, 3.8) is 0 Å². The number of nitrogens with one attached hydrogen (secondary N) is 2. The van der Waals surface area contributed by atoms with Crippen LogP contribution in [0.2, 0.25) is 0 Å². The highest BCUT2D eigenvalue weighted by atomic mass is 32.2. The standard InChI is InChI=1S/C15H24N2O3S/c1-4-5-12(2)15(18)17-10-13-6-8-14(9-7-13)11-21(19,20)16-3/h6-9,12,16H,4-5,10-11H2,1-3H3,(H,17,18). The molecule has 0 fully saturated rings. The summed E-state index contributed by atoms with van der Waals surface area (Å²) in [7, 11) is -1.85. The van der Waals surface area contributed by atoms with E-state index in [-0.39, 0.29) is 17.6 Å². The molecule has 1 aromatic carbocycles. The number of benzene rings is 1. The predicted molar refractivity (Wildman–Crippen MR) is 84.0 cm³/mol. The van der Waals surface area contributed by atoms with Crippen LogP contribution in [0.1, 0.15) is 37.8 Å². The number of rotatable bonds is 8. The third-order valence-corrected chi connectivity index (χ3v) is 4.66. The van der Waals surface area contributed by atoms with Gasteiger partial charge in [-0.25, -0.2) is 13.1 Å². The van der Waals surface area contributed by atoms with Crippen molar-refractivity contribution >= 4 is 15.9 Å². The molecule has 5 nitrogen and oxygen atoms in total. The topological polar surface area (TPSA) is 75.3 Å². The Kier molecular flexibility index (Phi) is 6.84. The molecule has 0 spiro atoms. The van der Waals surface area contributed by atoms with Crippen LogP contribution in [0.15, 0.2) is 24.3 Å². The van der Waals surface area contributed by atoms with E-state index in [1.165, 1.54) is 7.05 Å². The van der Waals surface area contributed by atoms with Gasteiger partial charge in [-0.05, 0) is 24.6 Å². The molecular formula is C15H24N2O3S. The first-order valence-electron chi connectivity index (χ1n) is 7.14. The van der Waals surface area contributed by atoms with Gasteiger partial charge in [-0.15, -0.1) is 0 Å². The van der Waals surface area contributed by atoms with Crippen molar-refractivity contribution in [2.45, 2.75) is 39.0 Å². The molecule has 0 saturated heterocycles. The normalized spacial score (nSPS) is 12.9. The largest absolute Gasteiger partial charge is 0.352 e. The van der Waals surface area contributed by atoms with Crippen molar-refractivity contribution in [3.8, 4) is 0 Å². The molecule has 2 N–H and O–H groups in total. The summed E-state index contributed by atoms with van der Waals surface area (Å²) in [5.41, 5.74) is 1.68. The van der Waals surface area contributed by atoms with Gasteiger partial charge < -0.3 is 5.32 Å². The lowest BCUT2D eigenvalue weighted by Gasteiger charge is -2.11. The maximum Gasteiger partial charge on any atom is 0.223 e. The maximum absolute atomic E-state index is 11.8. The molecule has 0 aliphatic carbocycles. The van der Waals surface area contributed by atoms with E-state index in [1.54, 1.807) is 12.1 Å². The van der Waals surface area contributed by atoms with Crippen LogP contribution in [0, 0.1) is 5.92 Å². The van der Waals surface area contributed by atoms with Crippen LogP contribution < -0.4 is 10.0 Å². The van der Waals surface area contributed by atoms with Gasteiger partial charge in [0.25, 0.3) is 0 Å². The monoisotopic (exact) mass is 312 g/mol. The van der Waals surface area contributed by atoms with E-state index < -0.39 is 10.0 Å². The summed E-state index contributed by atoms with van der Waals surface area (Å²) in [4.78, 5) is 11.8. The van der Waals surface area contributed by atoms with Crippen molar-refractivity contribution in [2.24, 2.45) is 5.92 Å².